The van der Waals surface area contributed by atoms with Crippen LogP contribution in [-0.4, -0.2) is 88.5 Å². The Morgan fingerprint density at radius 1 is 0.852 bits per heavy atom. The van der Waals surface area contributed by atoms with Crippen LogP contribution in [0.15, 0.2) is 136 Å². The fraction of sp³-hybridized carbons (Fsp3) is 0.326. The molecule has 1 fully saturated rings. The number of anilines is 2. The Bertz CT molecular complexity index is 2170. The average Bonchev–Trinajstić information content (AvgIpc) is 3.27. The van der Waals surface area contributed by atoms with Gasteiger partial charge in [-0.1, -0.05) is 66.2 Å². The molecule has 2 unspecified atom stereocenters. The van der Waals surface area contributed by atoms with Crippen molar-refractivity contribution in [3.05, 3.63) is 137 Å². The van der Waals surface area contributed by atoms with Crippen LogP contribution in [0, 0.1) is 5.92 Å². The maximum atomic E-state index is 14.0. The zero-order valence-corrected chi connectivity index (χ0v) is 36.7. The number of benzene rings is 5. The summed E-state index contributed by atoms with van der Waals surface area (Å²) in [4.78, 5) is 18.3. The molecule has 1 aliphatic heterocycles. The maximum Gasteiger partial charge on any atom is 0.475 e. The molecule has 2 atom stereocenters. The van der Waals surface area contributed by atoms with Crippen molar-refractivity contribution in [3.63, 3.8) is 0 Å². The molecule has 1 saturated heterocycles. The van der Waals surface area contributed by atoms with Gasteiger partial charge in [-0.15, -0.1) is 11.8 Å². The fourth-order valence-electron chi connectivity index (χ4n) is 7.35. The topological polar surface area (TPSA) is 105 Å². The Labute approximate surface area is 371 Å². The second-order valence-corrected chi connectivity index (χ2v) is 18.6. The smallest absolute Gasteiger partial charge is 0.395 e. The van der Waals surface area contributed by atoms with E-state index < -0.39 is 27.1 Å². The van der Waals surface area contributed by atoms with Crippen LogP contribution in [0.4, 0.5) is 24.5 Å². The van der Waals surface area contributed by atoms with E-state index in [0.717, 1.165) is 60.4 Å². The van der Waals surface area contributed by atoms with Crippen molar-refractivity contribution in [1.82, 2.24) is 9.62 Å². The van der Waals surface area contributed by atoms with Gasteiger partial charge in [0.05, 0.1) is 23.8 Å². The number of carbonyl (C=O) groups excluding carboxylic acids is 1. The number of amides is 1. The van der Waals surface area contributed by atoms with E-state index in [4.69, 9.17) is 11.6 Å². The molecule has 4 N–H and O–H groups in total. The average molecular weight is 912 g/mol. The van der Waals surface area contributed by atoms with Crippen LogP contribution in [-0.2, 0) is 17.2 Å². The molecule has 5 aromatic carbocycles. The third-order valence-electron chi connectivity index (χ3n) is 10.6. The minimum Gasteiger partial charge on any atom is -0.395 e. The van der Waals surface area contributed by atoms with Crippen molar-refractivity contribution in [1.29, 1.82) is 0 Å². The first-order chi connectivity index (χ1) is 29.5. The number of aliphatic hydroxyl groups excluding tert-OH is 2. The van der Waals surface area contributed by atoms with Gasteiger partial charge in [-0.05, 0) is 127 Å². The summed E-state index contributed by atoms with van der Waals surface area (Å²) in [5.74, 6) is 0.610. The Morgan fingerprint density at radius 3 is 2.20 bits per heavy atom. The summed E-state index contributed by atoms with van der Waals surface area (Å²) in [6.07, 6.45) is 3.53. The summed E-state index contributed by atoms with van der Waals surface area (Å²) in [5, 5.41) is 22.9. The zero-order chi connectivity index (χ0) is 43.2. The van der Waals surface area contributed by atoms with Crippen molar-refractivity contribution in [2.24, 2.45) is 5.92 Å². The molecule has 1 heterocycles. The van der Waals surface area contributed by atoms with Gasteiger partial charge in [-0.25, -0.2) is 4.21 Å². The first-order valence-corrected chi connectivity index (χ1v) is 23.5. The maximum absolute atomic E-state index is 14.0. The lowest BCUT2D eigenvalue weighted by Gasteiger charge is -2.34. The molecule has 15 heteroatoms. The molecular formula is C46H50ClF3N4O4S3. The minimum absolute atomic E-state index is 0.0724. The van der Waals surface area contributed by atoms with Crippen LogP contribution < -0.4 is 14.9 Å². The van der Waals surface area contributed by atoms with Crippen LogP contribution in [0.3, 0.4) is 0 Å². The standard InChI is InChI=1S/C46H50ClF3N4O4S3/c47-37-14-10-34(11-15-37)42-9-5-4-6-36(42)30-33-20-24-54(25-21-33)39-16-12-35(13-17-39)45(57)52-60-41-18-19-43(44(31-41)61(58)46(48,49)50)51-38(22-23-53(26-28-55)27-29-56)32-59-40-7-2-1-3-8-40/h1-19,31,33,38,51,55-56H,20-30,32H2,(H,52,57). The number of hydrogen-bond acceptors (Lipinski definition) is 9. The van der Waals surface area contributed by atoms with E-state index >= 15 is 0 Å². The third-order valence-corrected chi connectivity index (χ3v) is 14.0. The Balaban J connectivity index is 1.06. The molecule has 0 aliphatic carbocycles. The van der Waals surface area contributed by atoms with Crippen molar-refractivity contribution in [2.45, 2.75) is 51.9 Å². The normalized spacial score (nSPS) is 14.5. The Morgan fingerprint density at radius 2 is 1.52 bits per heavy atom. The van der Waals surface area contributed by atoms with Crippen molar-refractivity contribution < 1.29 is 32.4 Å². The van der Waals surface area contributed by atoms with Crippen molar-refractivity contribution in [2.75, 3.05) is 61.9 Å². The first kappa shape index (κ1) is 46.5. The van der Waals surface area contributed by atoms with Crippen LogP contribution in [0.2, 0.25) is 5.02 Å². The van der Waals surface area contributed by atoms with Gasteiger partial charge in [0.15, 0.2) is 10.8 Å². The largest absolute Gasteiger partial charge is 0.475 e. The van der Waals surface area contributed by atoms with Crippen molar-refractivity contribution >= 4 is 63.4 Å². The van der Waals surface area contributed by atoms with E-state index in [-0.39, 0.29) is 29.8 Å². The highest BCUT2D eigenvalue weighted by molar-refractivity contribution is 7.99. The molecule has 61 heavy (non-hydrogen) atoms. The van der Waals surface area contributed by atoms with Gasteiger partial charge in [0.1, 0.15) is 0 Å². The number of nitrogens with zero attached hydrogens (tertiary/aromatic N) is 2. The number of aliphatic hydroxyl groups is 2. The van der Waals surface area contributed by atoms with E-state index in [1.54, 1.807) is 18.2 Å². The number of carbonyl (C=O) groups is 1. The fourth-order valence-corrected chi connectivity index (χ4v) is 10.00. The van der Waals surface area contributed by atoms with Crippen LogP contribution in [0.25, 0.3) is 11.1 Å². The lowest BCUT2D eigenvalue weighted by molar-refractivity contribution is -0.0384. The first-order valence-electron chi connectivity index (χ1n) is 20.2. The molecule has 0 aromatic heterocycles. The number of thioether (sulfide) groups is 1. The van der Waals surface area contributed by atoms with Gasteiger partial charge in [-0.3, -0.25) is 14.4 Å². The predicted octanol–water partition coefficient (Wildman–Crippen LogP) is 9.78. The highest BCUT2D eigenvalue weighted by Crippen LogP contribution is 2.35. The van der Waals surface area contributed by atoms with E-state index in [0.29, 0.717) is 48.3 Å². The third kappa shape index (κ3) is 13.7. The Kier molecular flexibility index (Phi) is 17.4. The molecule has 1 amide bonds. The lowest BCUT2D eigenvalue weighted by Crippen LogP contribution is -2.35. The highest BCUT2D eigenvalue weighted by Gasteiger charge is 2.39. The van der Waals surface area contributed by atoms with Gasteiger partial charge >= 0.3 is 5.51 Å². The molecule has 1 aliphatic rings. The summed E-state index contributed by atoms with van der Waals surface area (Å²) in [6.45, 7) is 2.72. The number of halogens is 4. The number of hydrogen-bond donors (Lipinski definition) is 4. The number of rotatable bonds is 20. The summed E-state index contributed by atoms with van der Waals surface area (Å²) in [7, 11) is -3.36. The molecular weight excluding hydrogens is 861 g/mol. The quantitative estimate of drug-likeness (QED) is 0.0449. The number of piperidine rings is 1. The summed E-state index contributed by atoms with van der Waals surface area (Å²) >= 11 is 8.52. The lowest BCUT2D eigenvalue weighted by atomic mass is 9.87. The van der Waals surface area contributed by atoms with Gasteiger partial charge in [0.25, 0.3) is 5.91 Å². The minimum atomic E-state index is -5.02. The summed E-state index contributed by atoms with van der Waals surface area (Å²) in [5.41, 5.74) is 0.178. The number of alkyl halides is 3. The molecule has 0 spiro atoms. The molecule has 5 aromatic rings. The SMILES string of the molecule is O=C(NSc1ccc(NC(CCN(CCO)CCO)CSc2ccccc2)c(S(=O)C(F)(F)F)c1)c1ccc(N2CCC(Cc3ccccc3-c3ccc(Cl)cc3)CC2)cc1. The van der Waals surface area contributed by atoms with Crippen LogP contribution in [0.5, 0.6) is 0 Å². The Hall–Kier alpha value is -4.02. The van der Waals surface area contributed by atoms with Crippen molar-refractivity contribution in [3.8, 4) is 11.1 Å². The van der Waals surface area contributed by atoms with Crippen LogP contribution in [0.1, 0.15) is 35.2 Å². The second kappa shape index (κ2) is 22.9. The van der Waals surface area contributed by atoms with E-state index in [2.05, 4.69) is 51.3 Å². The summed E-state index contributed by atoms with van der Waals surface area (Å²) in [6, 6.07) is 37.3. The molecule has 324 valence electrons. The second-order valence-electron chi connectivity index (χ2n) is 14.8. The highest BCUT2D eigenvalue weighted by atomic mass is 35.5. The zero-order valence-electron chi connectivity index (χ0n) is 33.5. The van der Waals surface area contributed by atoms with Gasteiger partial charge in [0.2, 0.25) is 0 Å². The van der Waals surface area contributed by atoms with Gasteiger partial charge in [0, 0.05) is 70.6 Å². The molecule has 8 nitrogen and oxygen atoms in total. The molecule has 0 bridgehead atoms. The molecule has 0 saturated carbocycles. The molecule has 6 rings (SSSR count). The van der Waals surface area contributed by atoms with E-state index in [9.17, 15) is 32.4 Å². The molecule has 0 radical (unpaired) electrons. The van der Waals surface area contributed by atoms with Gasteiger partial charge in [-0.2, -0.15) is 13.2 Å². The monoisotopic (exact) mass is 910 g/mol. The predicted molar refractivity (Wildman–Crippen MR) is 244 cm³/mol. The summed E-state index contributed by atoms with van der Waals surface area (Å²) < 4.78 is 57.6. The van der Waals surface area contributed by atoms with Gasteiger partial charge < -0.3 is 20.4 Å². The number of nitrogens with one attached hydrogen (secondary N) is 2. The van der Waals surface area contributed by atoms with E-state index in [1.807, 2.05) is 59.5 Å². The van der Waals surface area contributed by atoms with E-state index in [1.165, 1.54) is 35.0 Å². The van der Waals surface area contributed by atoms with Crippen LogP contribution >= 0.6 is 35.3 Å².